The minimum atomic E-state index is -0.522. The fourth-order valence-electron chi connectivity index (χ4n) is 2.17. The maximum atomic E-state index is 9.99. The topological polar surface area (TPSA) is 44.7 Å². The summed E-state index contributed by atoms with van der Waals surface area (Å²) in [5.74, 6) is 0.784. The number of nitrogens with zero attached hydrogens (tertiary/aromatic N) is 1. The number of thiophene rings is 1. The van der Waals surface area contributed by atoms with Crippen LogP contribution in [0.15, 0.2) is 47.8 Å². The van der Waals surface area contributed by atoms with Gasteiger partial charge in [-0.05, 0) is 37.7 Å². The van der Waals surface area contributed by atoms with Crippen LogP contribution in [-0.4, -0.2) is 49.9 Å². The first-order valence-electron chi connectivity index (χ1n) is 7.43. The van der Waals surface area contributed by atoms with Crippen molar-refractivity contribution in [2.24, 2.45) is 0 Å². The van der Waals surface area contributed by atoms with Gasteiger partial charge in [0.1, 0.15) is 18.5 Å². The third kappa shape index (κ3) is 5.42. The van der Waals surface area contributed by atoms with Crippen molar-refractivity contribution in [2.75, 3.05) is 33.8 Å². The molecule has 120 valence electrons. The molecule has 2 atom stereocenters. The van der Waals surface area contributed by atoms with Crippen molar-refractivity contribution in [3.05, 3.63) is 52.7 Å². The molecule has 0 radical (unpaired) electrons. The molecule has 2 N–H and O–H groups in total. The lowest BCUT2D eigenvalue weighted by Crippen LogP contribution is -2.36. The molecule has 1 aromatic heterocycles. The minimum absolute atomic E-state index is 0.294. The molecule has 0 saturated heterocycles. The highest BCUT2D eigenvalue weighted by Gasteiger charge is 2.15. The number of benzene rings is 1. The van der Waals surface area contributed by atoms with Gasteiger partial charge >= 0.3 is 0 Å². The van der Waals surface area contributed by atoms with E-state index in [9.17, 15) is 5.11 Å². The Labute approximate surface area is 136 Å². The fourth-order valence-corrected chi connectivity index (χ4v) is 3.10. The maximum Gasteiger partial charge on any atom is 0.119 e. The number of aliphatic hydroxyl groups excluding tert-OH is 1. The molecule has 0 saturated carbocycles. The third-order valence-corrected chi connectivity index (χ3v) is 4.37. The molecular weight excluding hydrogens is 296 g/mol. The highest BCUT2D eigenvalue weighted by molar-refractivity contribution is 7.10. The van der Waals surface area contributed by atoms with Gasteiger partial charge in [-0.3, -0.25) is 0 Å². The zero-order valence-corrected chi connectivity index (χ0v) is 13.9. The summed E-state index contributed by atoms with van der Waals surface area (Å²) in [5, 5.41) is 15.4. The molecule has 22 heavy (non-hydrogen) atoms. The zero-order valence-electron chi connectivity index (χ0n) is 13.1. The summed E-state index contributed by atoms with van der Waals surface area (Å²) in [5.41, 5.74) is 0. The van der Waals surface area contributed by atoms with E-state index in [4.69, 9.17) is 4.74 Å². The summed E-state index contributed by atoms with van der Waals surface area (Å²) < 4.78 is 5.55. The van der Waals surface area contributed by atoms with Crippen LogP contribution >= 0.6 is 11.3 Å². The van der Waals surface area contributed by atoms with Gasteiger partial charge in [-0.2, -0.15) is 0 Å². The van der Waals surface area contributed by atoms with Crippen molar-refractivity contribution < 1.29 is 9.84 Å². The van der Waals surface area contributed by atoms with Gasteiger partial charge in [-0.25, -0.2) is 0 Å². The lowest BCUT2D eigenvalue weighted by Gasteiger charge is -2.24. The summed E-state index contributed by atoms with van der Waals surface area (Å²) in [6.07, 6.45) is -0.522. The number of hydrogen-bond donors (Lipinski definition) is 2. The minimum Gasteiger partial charge on any atom is -0.491 e. The van der Waals surface area contributed by atoms with E-state index in [2.05, 4.69) is 41.8 Å². The smallest absolute Gasteiger partial charge is 0.119 e. The lowest BCUT2D eigenvalue weighted by atomic mass is 10.2. The molecule has 0 unspecified atom stereocenters. The molecule has 0 fully saturated rings. The number of para-hydroxylation sites is 1. The van der Waals surface area contributed by atoms with Crippen LogP contribution in [0.3, 0.4) is 0 Å². The predicted octanol–water partition coefficient (Wildman–Crippen LogP) is 2.38. The van der Waals surface area contributed by atoms with Gasteiger partial charge in [0.2, 0.25) is 0 Å². The second kappa shape index (κ2) is 8.90. The molecule has 4 nitrogen and oxygen atoms in total. The number of hydrogen-bond acceptors (Lipinski definition) is 5. The van der Waals surface area contributed by atoms with E-state index in [0.717, 1.165) is 12.3 Å². The summed E-state index contributed by atoms with van der Waals surface area (Å²) in [4.78, 5) is 3.51. The molecule has 0 spiro atoms. The molecule has 2 rings (SSSR count). The van der Waals surface area contributed by atoms with Crippen LogP contribution in [0, 0.1) is 0 Å². The van der Waals surface area contributed by atoms with Crippen molar-refractivity contribution in [1.82, 2.24) is 10.2 Å². The van der Waals surface area contributed by atoms with Gasteiger partial charge in [0.25, 0.3) is 0 Å². The fraction of sp³-hybridized carbons (Fsp3) is 0.412. The number of aliphatic hydroxyl groups is 1. The Hall–Kier alpha value is -1.40. The predicted molar refractivity (Wildman–Crippen MR) is 91.6 cm³/mol. The Morgan fingerprint density at radius 1 is 1.14 bits per heavy atom. The Balaban J connectivity index is 1.70. The van der Waals surface area contributed by atoms with E-state index in [-0.39, 0.29) is 0 Å². The van der Waals surface area contributed by atoms with Crippen LogP contribution in [0.1, 0.15) is 10.9 Å². The van der Waals surface area contributed by atoms with Crippen LogP contribution < -0.4 is 10.1 Å². The average molecular weight is 320 g/mol. The van der Waals surface area contributed by atoms with E-state index in [1.807, 2.05) is 30.3 Å². The maximum absolute atomic E-state index is 9.99. The van der Waals surface area contributed by atoms with E-state index in [1.165, 1.54) is 4.88 Å². The van der Waals surface area contributed by atoms with Crippen molar-refractivity contribution in [2.45, 2.75) is 12.1 Å². The van der Waals surface area contributed by atoms with Crippen LogP contribution in [0.4, 0.5) is 0 Å². The molecule has 0 amide bonds. The third-order valence-electron chi connectivity index (χ3n) is 3.40. The zero-order chi connectivity index (χ0) is 15.8. The Morgan fingerprint density at radius 2 is 1.91 bits per heavy atom. The lowest BCUT2D eigenvalue weighted by molar-refractivity contribution is 0.104. The average Bonchev–Trinajstić information content (AvgIpc) is 3.04. The molecule has 0 aliphatic heterocycles. The van der Waals surface area contributed by atoms with E-state index in [0.29, 0.717) is 19.2 Å². The van der Waals surface area contributed by atoms with Gasteiger partial charge in [-0.15, -0.1) is 11.3 Å². The molecule has 1 aromatic carbocycles. The second-order valence-corrected chi connectivity index (χ2v) is 6.41. The molecule has 0 bridgehead atoms. The largest absolute Gasteiger partial charge is 0.491 e. The summed E-state index contributed by atoms with van der Waals surface area (Å²) in [6, 6.07) is 14.1. The molecule has 5 heteroatoms. The Morgan fingerprint density at radius 3 is 2.55 bits per heavy atom. The summed E-state index contributed by atoms with van der Waals surface area (Å²) >= 11 is 1.76. The molecule has 0 aliphatic carbocycles. The van der Waals surface area contributed by atoms with Gasteiger partial charge in [0, 0.05) is 18.0 Å². The molecule has 2 aromatic rings. The van der Waals surface area contributed by atoms with Crippen LogP contribution in [0.5, 0.6) is 5.75 Å². The number of likely N-dealkylation sites (N-methyl/N-ethyl adjacent to an activating group) is 1. The van der Waals surface area contributed by atoms with Gasteiger partial charge < -0.3 is 20.1 Å². The second-order valence-electron chi connectivity index (χ2n) is 5.43. The van der Waals surface area contributed by atoms with Crippen molar-refractivity contribution in [3.8, 4) is 5.75 Å². The molecule has 1 heterocycles. The number of rotatable bonds is 9. The Kier molecular flexibility index (Phi) is 6.86. The quantitative estimate of drug-likeness (QED) is 0.745. The normalized spacial score (nSPS) is 14.0. The van der Waals surface area contributed by atoms with Gasteiger partial charge in [-0.1, -0.05) is 24.3 Å². The first kappa shape index (κ1) is 17.0. The molecule has 0 aliphatic rings. The van der Waals surface area contributed by atoms with Crippen molar-refractivity contribution >= 4 is 11.3 Å². The number of nitrogens with one attached hydrogen (secondary N) is 1. The van der Waals surface area contributed by atoms with Gasteiger partial charge in [0.15, 0.2) is 0 Å². The SMILES string of the molecule is CN(C)[C@@H](CNC[C@@H](O)COc1ccccc1)c1cccs1. The van der Waals surface area contributed by atoms with Crippen molar-refractivity contribution in [3.63, 3.8) is 0 Å². The number of ether oxygens (including phenoxy) is 1. The van der Waals surface area contributed by atoms with E-state index >= 15 is 0 Å². The standard InChI is InChI=1S/C17H24N2O2S/c1-19(2)16(17-9-6-10-22-17)12-18-11-14(20)13-21-15-7-4-3-5-8-15/h3-10,14,16,18,20H,11-13H2,1-2H3/t14-,16+/m1/s1. The van der Waals surface area contributed by atoms with Crippen LogP contribution in [-0.2, 0) is 0 Å². The summed E-state index contributed by atoms with van der Waals surface area (Å²) in [7, 11) is 4.14. The van der Waals surface area contributed by atoms with Crippen molar-refractivity contribution in [1.29, 1.82) is 0 Å². The van der Waals surface area contributed by atoms with E-state index < -0.39 is 6.10 Å². The first-order chi connectivity index (χ1) is 10.7. The first-order valence-corrected chi connectivity index (χ1v) is 8.31. The molecular formula is C17H24N2O2S. The highest BCUT2D eigenvalue weighted by Crippen LogP contribution is 2.22. The van der Waals surface area contributed by atoms with Crippen LogP contribution in [0.25, 0.3) is 0 Å². The summed E-state index contributed by atoms with van der Waals surface area (Å²) in [6.45, 7) is 1.61. The highest BCUT2D eigenvalue weighted by atomic mass is 32.1. The van der Waals surface area contributed by atoms with Gasteiger partial charge in [0.05, 0.1) is 6.04 Å². The van der Waals surface area contributed by atoms with E-state index in [1.54, 1.807) is 11.3 Å². The van der Waals surface area contributed by atoms with Crippen LogP contribution in [0.2, 0.25) is 0 Å². The monoisotopic (exact) mass is 320 g/mol. The Bertz CT molecular complexity index is 517.